The molecule has 0 unspecified atom stereocenters. The van der Waals surface area contributed by atoms with Crippen LogP contribution in [0.2, 0.25) is 0 Å². The Balaban J connectivity index is 2.22. The molecule has 0 fully saturated rings. The Morgan fingerprint density at radius 2 is 2.11 bits per heavy atom. The zero-order valence-electron chi connectivity index (χ0n) is 10.8. The third-order valence-corrected chi connectivity index (χ3v) is 2.46. The summed E-state index contributed by atoms with van der Waals surface area (Å²) < 4.78 is 10.7. The maximum absolute atomic E-state index is 10.9. The molecule has 18 heavy (non-hydrogen) atoms. The summed E-state index contributed by atoms with van der Waals surface area (Å²) in [6.07, 6.45) is 2.98. The van der Waals surface area contributed by atoms with Crippen LogP contribution in [0.25, 0.3) is 0 Å². The Kier molecular flexibility index (Phi) is 6.81. The molecule has 0 aromatic heterocycles. The molecule has 0 radical (unpaired) electrons. The fourth-order valence-electron chi connectivity index (χ4n) is 1.62. The molecule has 0 amide bonds. The molecule has 1 aromatic rings. The summed E-state index contributed by atoms with van der Waals surface area (Å²) in [5, 5.41) is 0. The van der Waals surface area contributed by atoms with Crippen LogP contribution in [0.1, 0.15) is 25.3 Å². The van der Waals surface area contributed by atoms with E-state index in [1.165, 1.54) is 6.92 Å². The largest absolute Gasteiger partial charge is 0.462 e. The summed E-state index contributed by atoms with van der Waals surface area (Å²) in [6.45, 7) is 6.22. The molecule has 0 saturated carbocycles. The molecule has 3 nitrogen and oxygen atoms in total. The quantitative estimate of drug-likeness (QED) is 0.403. The second-order valence-corrected chi connectivity index (χ2v) is 4.08. The summed E-state index contributed by atoms with van der Waals surface area (Å²) in [7, 11) is 0. The zero-order chi connectivity index (χ0) is 13.2. The second kappa shape index (κ2) is 8.48. The number of hydrogen-bond donors (Lipinski definition) is 0. The van der Waals surface area contributed by atoms with Crippen LogP contribution in [-0.4, -0.2) is 18.7 Å². The summed E-state index contributed by atoms with van der Waals surface area (Å²) in [6, 6.07) is 9.99. The molecular formula is C15H20O3. The van der Waals surface area contributed by atoms with E-state index in [-0.39, 0.29) is 12.1 Å². The van der Waals surface area contributed by atoms with Crippen LogP contribution in [0, 0.1) is 0 Å². The lowest BCUT2D eigenvalue weighted by Gasteiger charge is -2.15. The molecule has 0 saturated heterocycles. The third kappa shape index (κ3) is 6.21. The fraction of sp³-hybridized carbons (Fsp3) is 0.400. The first-order chi connectivity index (χ1) is 8.72. The maximum Gasteiger partial charge on any atom is 0.302 e. The summed E-state index contributed by atoms with van der Waals surface area (Å²) in [5.41, 5.74) is 1.14. The van der Waals surface area contributed by atoms with Crippen molar-refractivity contribution < 1.29 is 14.3 Å². The standard InChI is InChI=1S/C15H20O3/c1-3-7-15(18-13(2)16)10-11-17-12-14-8-5-4-6-9-14/h3-6,8-9,15H,1,7,10-12H2,2H3/t15-/m1/s1. The van der Waals surface area contributed by atoms with E-state index < -0.39 is 0 Å². The molecule has 1 aromatic carbocycles. The van der Waals surface area contributed by atoms with Crippen molar-refractivity contribution in [2.45, 2.75) is 32.5 Å². The van der Waals surface area contributed by atoms with Gasteiger partial charge in [0.1, 0.15) is 6.10 Å². The van der Waals surface area contributed by atoms with Gasteiger partial charge >= 0.3 is 5.97 Å². The van der Waals surface area contributed by atoms with Crippen LogP contribution < -0.4 is 0 Å². The van der Waals surface area contributed by atoms with Gasteiger partial charge in [0, 0.05) is 19.8 Å². The Morgan fingerprint density at radius 3 is 2.72 bits per heavy atom. The lowest BCUT2D eigenvalue weighted by Crippen LogP contribution is -2.17. The molecule has 0 aliphatic carbocycles. The monoisotopic (exact) mass is 248 g/mol. The minimum atomic E-state index is -0.259. The van der Waals surface area contributed by atoms with Gasteiger partial charge in [0.2, 0.25) is 0 Å². The fourth-order valence-corrected chi connectivity index (χ4v) is 1.62. The second-order valence-electron chi connectivity index (χ2n) is 4.08. The van der Waals surface area contributed by atoms with E-state index >= 15 is 0 Å². The number of benzene rings is 1. The van der Waals surface area contributed by atoms with Crippen LogP contribution in [0.15, 0.2) is 43.0 Å². The average molecular weight is 248 g/mol. The van der Waals surface area contributed by atoms with Gasteiger partial charge < -0.3 is 9.47 Å². The summed E-state index contributed by atoms with van der Waals surface area (Å²) >= 11 is 0. The van der Waals surface area contributed by atoms with E-state index in [4.69, 9.17) is 9.47 Å². The van der Waals surface area contributed by atoms with Gasteiger partial charge in [-0.3, -0.25) is 4.79 Å². The van der Waals surface area contributed by atoms with Crippen molar-refractivity contribution in [1.29, 1.82) is 0 Å². The minimum absolute atomic E-state index is 0.129. The highest BCUT2D eigenvalue weighted by atomic mass is 16.5. The SMILES string of the molecule is C=CC[C@H](CCOCc1ccccc1)OC(C)=O. The molecule has 3 heteroatoms. The van der Waals surface area contributed by atoms with Crippen molar-refractivity contribution >= 4 is 5.97 Å². The number of carbonyl (C=O) groups is 1. The van der Waals surface area contributed by atoms with E-state index in [0.717, 1.165) is 5.56 Å². The Morgan fingerprint density at radius 1 is 1.39 bits per heavy atom. The Labute approximate surface area is 108 Å². The minimum Gasteiger partial charge on any atom is -0.462 e. The lowest BCUT2D eigenvalue weighted by atomic mass is 10.2. The van der Waals surface area contributed by atoms with Crippen LogP contribution >= 0.6 is 0 Å². The predicted molar refractivity (Wildman–Crippen MR) is 71.1 cm³/mol. The highest BCUT2D eigenvalue weighted by Gasteiger charge is 2.09. The third-order valence-electron chi connectivity index (χ3n) is 2.46. The molecule has 98 valence electrons. The first-order valence-corrected chi connectivity index (χ1v) is 6.12. The van der Waals surface area contributed by atoms with E-state index in [0.29, 0.717) is 26.1 Å². The van der Waals surface area contributed by atoms with Crippen molar-refractivity contribution in [2.75, 3.05) is 6.61 Å². The van der Waals surface area contributed by atoms with Crippen molar-refractivity contribution in [3.8, 4) is 0 Å². The van der Waals surface area contributed by atoms with Gasteiger partial charge in [-0.2, -0.15) is 0 Å². The first-order valence-electron chi connectivity index (χ1n) is 6.12. The number of esters is 1. The van der Waals surface area contributed by atoms with Gasteiger partial charge in [-0.05, 0) is 5.56 Å². The molecule has 0 aliphatic heterocycles. The highest BCUT2D eigenvalue weighted by Crippen LogP contribution is 2.07. The van der Waals surface area contributed by atoms with Gasteiger partial charge in [0.15, 0.2) is 0 Å². The van der Waals surface area contributed by atoms with Crippen molar-refractivity contribution in [2.24, 2.45) is 0 Å². The van der Waals surface area contributed by atoms with Crippen molar-refractivity contribution in [3.05, 3.63) is 48.6 Å². The molecule has 0 aliphatic rings. The van der Waals surface area contributed by atoms with Gasteiger partial charge in [-0.15, -0.1) is 6.58 Å². The average Bonchev–Trinajstić information content (AvgIpc) is 2.35. The van der Waals surface area contributed by atoms with Gasteiger partial charge in [0.25, 0.3) is 0 Å². The molecule has 0 spiro atoms. The van der Waals surface area contributed by atoms with Crippen LogP contribution in [0.3, 0.4) is 0 Å². The topological polar surface area (TPSA) is 35.5 Å². The molecule has 0 bridgehead atoms. The number of hydrogen-bond acceptors (Lipinski definition) is 3. The smallest absolute Gasteiger partial charge is 0.302 e. The molecule has 0 heterocycles. The highest BCUT2D eigenvalue weighted by molar-refractivity contribution is 5.66. The molecule has 1 atom stereocenters. The maximum atomic E-state index is 10.9. The normalized spacial score (nSPS) is 11.8. The van der Waals surface area contributed by atoms with E-state index in [9.17, 15) is 4.79 Å². The first kappa shape index (κ1) is 14.5. The van der Waals surface area contributed by atoms with Crippen molar-refractivity contribution in [1.82, 2.24) is 0 Å². The van der Waals surface area contributed by atoms with Crippen molar-refractivity contribution in [3.63, 3.8) is 0 Å². The number of ether oxygens (including phenoxy) is 2. The predicted octanol–water partition coefficient (Wildman–Crippen LogP) is 3.10. The van der Waals surface area contributed by atoms with Gasteiger partial charge in [-0.25, -0.2) is 0 Å². The van der Waals surface area contributed by atoms with E-state index in [1.807, 2.05) is 30.3 Å². The Hall–Kier alpha value is -1.61. The number of carbonyl (C=O) groups excluding carboxylic acids is 1. The number of rotatable bonds is 8. The van der Waals surface area contributed by atoms with Crippen LogP contribution in [0.4, 0.5) is 0 Å². The van der Waals surface area contributed by atoms with E-state index in [2.05, 4.69) is 6.58 Å². The molecule has 1 rings (SSSR count). The Bertz CT molecular complexity index is 359. The van der Waals surface area contributed by atoms with Crippen LogP contribution in [-0.2, 0) is 20.9 Å². The van der Waals surface area contributed by atoms with Gasteiger partial charge in [0.05, 0.1) is 13.2 Å². The van der Waals surface area contributed by atoms with Gasteiger partial charge in [-0.1, -0.05) is 36.4 Å². The molecule has 0 N–H and O–H groups in total. The summed E-state index contributed by atoms with van der Waals surface area (Å²) in [5.74, 6) is -0.259. The van der Waals surface area contributed by atoms with E-state index in [1.54, 1.807) is 6.08 Å². The summed E-state index contributed by atoms with van der Waals surface area (Å²) in [4.78, 5) is 10.9. The zero-order valence-corrected chi connectivity index (χ0v) is 10.8. The lowest BCUT2D eigenvalue weighted by molar-refractivity contribution is -0.147. The molecular weight excluding hydrogens is 228 g/mol. The van der Waals surface area contributed by atoms with Crippen LogP contribution in [0.5, 0.6) is 0 Å².